The molecule has 0 aliphatic carbocycles. The number of nitrogens with zero attached hydrogens (tertiary/aromatic N) is 1. The molecular weight excluding hydrogens is 456 g/mol. The fourth-order valence-corrected chi connectivity index (χ4v) is 3.68. The van der Waals surface area contributed by atoms with Gasteiger partial charge in [-0.05, 0) is 18.4 Å². The van der Waals surface area contributed by atoms with Crippen molar-refractivity contribution in [2.45, 2.75) is 71.1 Å². The number of carbonyl (C=O) groups is 5. The molecule has 5 N–H and O–H groups in total. The average Bonchev–Trinajstić information content (AvgIpc) is 2.80. The molecule has 1 aliphatic rings. The van der Waals surface area contributed by atoms with E-state index < -0.39 is 60.3 Å². The van der Waals surface area contributed by atoms with Crippen LogP contribution < -0.4 is 16.4 Å². The summed E-state index contributed by atoms with van der Waals surface area (Å²) >= 11 is 0. The second-order valence-electron chi connectivity index (χ2n) is 8.95. The summed E-state index contributed by atoms with van der Waals surface area (Å²) in [5.41, 5.74) is 5.31. The number of likely N-dealkylation sites (N-methyl/N-ethyl adjacent to an activating group) is 1. The van der Waals surface area contributed by atoms with E-state index in [0.717, 1.165) is 36.7 Å². The van der Waals surface area contributed by atoms with E-state index in [2.05, 4.69) is 24.1 Å². The first kappa shape index (κ1) is 29.8. The van der Waals surface area contributed by atoms with Gasteiger partial charge in [-0.25, -0.2) is 4.79 Å². The zero-order chi connectivity index (χ0) is 26.7. The van der Waals surface area contributed by atoms with Crippen LogP contribution in [0.3, 0.4) is 0 Å². The molecule has 0 saturated heterocycles. The van der Waals surface area contributed by atoms with Crippen LogP contribution in [0.5, 0.6) is 0 Å². The SMILES string of the molecule is C=C1C=CC(=O)N(C)CC(=O)N[C@@H]([C@H](O)C(N)=O)C(=O)OC([C@H](C)CCCCCC)[C@H](C)C(=O)N1. The number of carbonyl (C=O) groups excluding carboxylic acids is 5. The molecule has 4 amide bonds. The van der Waals surface area contributed by atoms with Gasteiger partial charge in [-0.15, -0.1) is 0 Å². The van der Waals surface area contributed by atoms with Gasteiger partial charge in [-0.2, -0.15) is 0 Å². The van der Waals surface area contributed by atoms with Gasteiger partial charge in [0.15, 0.2) is 12.1 Å². The third-order valence-corrected chi connectivity index (χ3v) is 5.88. The minimum Gasteiger partial charge on any atom is -0.460 e. The first-order valence-electron chi connectivity index (χ1n) is 11.8. The zero-order valence-electron chi connectivity index (χ0n) is 20.9. The first-order chi connectivity index (χ1) is 16.4. The number of aliphatic hydroxyl groups is 1. The number of rotatable bonds is 8. The van der Waals surface area contributed by atoms with Crippen LogP contribution in [0, 0.1) is 11.8 Å². The molecule has 0 spiro atoms. The lowest BCUT2D eigenvalue weighted by Gasteiger charge is -2.31. The summed E-state index contributed by atoms with van der Waals surface area (Å²) in [5.74, 6) is -5.37. The molecule has 1 aliphatic heterocycles. The van der Waals surface area contributed by atoms with Gasteiger partial charge >= 0.3 is 5.97 Å². The predicted octanol–water partition coefficient (Wildman–Crippen LogP) is 0.130. The number of ether oxygens (including phenoxy) is 1. The summed E-state index contributed by atoms with van der Waals surface area (Å²) in [6.45, 7) is 8.72. The lowest BCUT2D eigenvalue weighted by atomic mass is 9.88. The van der Waals surface area contributed by atoms with Crippen LogP contribution in [0.4, 0.5) is 0 Å². The van der Waals surface area contributed by atoms with Gasteiger partial charge in [-0.1, -0.05) is 53.0 Å². The summed E-state index contributed by atoms with van der Waals surface area (Å²) in [5, 5.41) is 15.0. The highest BCUT2D eigenvalue weighted by Gasteiger charge is 2.39. The van der Waals surface area contributed by atoms with Crippen molar-refractivity contribution in [3.05, 3.63) is 24.4 Å². The Balaban J connectivity index is 3.33. The summed E-state index contributed by atoms with van der Waals surface area (Å²) < 4.78 is 5.63. The van der Waals surface area contributed by atoms with E-state index >= 15 is 0 Å². The number of primary amides is 1. The van der Waals surface area contributed by atoms with Crippen molar-refractivity contribution in [1.82, 2.24) is 15.5 Å². The van der Waals surface area contributed by atoms with E-state index in [1.54, 1.807) is 6.92 Å². The molecular formula is C24H38N4O7. The van der Waals surface area contributed by atoms with E-state index in [1.807, 2.05) is 6.92 Å². The smallest absolute Gasteiger partial charge is 0.332 e. The van der Waals surface area contributed by atoms with Crippen molar-refractivity contribution in [2.24, 2.45) is 17.6 Å². The molecule has 0 aromatic carbocycles. The molecule has 5 atom stereocenters. The van der Waals surface area contributed by atoms with E-state index in [-0.39, 0.29) is 11.6 Å². The van der Waals surface area contributed by atoms with Crippen molar-refractivity contribution >= 4 is 29.6 Å². The molecule has 1 heterocycles. The molecule has 0 bridgehead atoms. The van der Waals surface area contributed by atoms with Gasteiger partial charge in [0, 0.05) is 18.8 Å². The summed E-state index contributed by atoms with van der Waals surface area (Å²) in [6.07, 6.45) is 4.00. The van der Waals surface area contributed by atoms with Gasteiger partial charge in [0.1, 0.15) is 6.10 Å². The third kappa shape index (κ3) is 9.51. The molecule has 11 nitrogen and oxygen atoms in total. The first-order valence-corrected chi connectivity index (χ1v) is 11.8. The van der Waals surface area contributed by atoms with E-state index in [1.165, 1.54) is 13.1 Å². The summed E-state index contributed by atoms with van der Waals surface area (Å²) in [6, 6.07) is -1.82. The predicted molar refractivity (Wildman–Crippen MR) is 128 cm³/mol. The Morgan fingerprint density at radius 2 is 1.91 bits per heavy atom. The maximum Gasteiger partial charge on any atom is 0.332 e. The number of allylic oxidation sites excluding steroid dienone is 1. The van der Waals surface area contributed by atoms with Crippen LogP contribution in [-0.4, -0.2) is 71.4 Å². The number of hydrogen-bond donors (Lipinski definition) is 4. The number of amides is 4. The molecule has 196 valence electrons. The number of unbranched alkanes of at least 4 members (excludes halogenated alkanes) is 3. The molecule has 1 unspecified atom stereocenters. The van der Waals surface area contributed by atoms with Crippen molar-refractivity contribution in [2.75, 3.05) is 13.6 Å². The Bertz CT molecular complexity index is 842. The maximum atomic E-state index is 13.1. The van der Waals surface area contributed by atoms with Gasteiger partial charge in [0.05, 0.1) is 12.5 Å². The second-order valence-corrected chi connectivity index (χ2v) is 8.95. The van der Waals surface area contributed by atoms with Crippen LogP contribution in [0.2, 0.25) is 0 Å². The van der Waals surface area contributed by atoms with E-state index in [9.17, 15) is 29.1 Å². The van der Waals surface area contributed by atoms with Gasteiger partial charge < -0.3 is 31.1 Å². The van der Waals surface area contributed by atoms with Gasteiger partial charge in [0.2, 0.25) is 23.6 Å². The van der Waals surface area contributed by atoms with Gasteiger partial charge in [-0.3, -0.25) is 19.2 Å². The number of aliphatic hydroxyl groups excluding tert-OH is 1. The van der Waals surface area contributed by atoms with Crippen LogP contribution in [0.15, 0.2) is 24.4 Å². The maximum absolute atomic E-state index is 13.1. The number of esters is 1. The van der Waals surface area contributed by atoms with Crippen molar-refractivity contribution < 1.29 is 33.8 Å². The van der Waals surface area contributed by atoms with Crippen molar-refractivity contribution in [1.29, 1.82) is 0 Å². The number of nitrogens with one attached hydrogen (secondary N) is 2. The van der Waals surface area contributed by atoms with Crippen LogP contribution in [0.1, 0.15) is 52.9 Å². The quantitative estimate of drug-likeness (QED) is 0.275. The fourth-order valence-electron chi connectivity index (χ4n) is 3.68. The second kappa shape index (κ2) is 14.2. The van der Waals surface area contributed by atoms with Crippen LogP contribution in [-0.2, 0) is 28.7 Å². The van der Waals surface area contributed by atoms with E-state index in [0.29, 0.717) is 6.42 Å². The number of hydrogen-bond acceptors (Lipinski definition) is 7. The highest BCUT2D eigenvalue weighted by atomic mass is 16.5. The Kier molecular flexibility index (Phi) is 12.1. The lowest BCUT2D eigenvalue weighted by Crippen LogP contribution is -2.57. The Morgan fingerprint density at radius 3 is 2.51 bits per heavy atom. The summed E-state index contributed by atoms with van der Waals surface area (Å²) in [4.78, 5) is 63.3. The Morgan fingerprint density at radius 1 is 1.26 bits per heavy atom. The highest BCUT2D eigenvalue weighted by molar-refractivity contribution is 5.95. The fraction of sp³-hybridized carbons (Fsp3) is 0.625. The van der Waals surface area contributed by atoms with Gasteiger partial charge in [0.25, 0.3) is 0 Å². The van der Waals surface area contributed by atoms with E-state index in [4.69, 9.17) is 10.5 Å². The molecule has 0 aromatic heterocycles. The normalized spacial score (nSPS) is 24.5. The Labute approximate surface area is 206 Å². The molecule has 0 radical (unpaired) electrons. The summed E-state index contributed by atoms with van der Waals surface area (Å²) in [7, 11) is 1.34. The Hall–Kier alpha value is -3.21. The molecule has 0 saturated carbocycles. The zero-order valence-corrected chi connectivity index (χ0v) is 20.9. The van der Waals surface area contributed by atoms with Crippen molar-refractivity contribution in [3.8, 4) is 0 Å². The number of cyclic esters (lactones) is 1. The minimum atomic E-state index is -2.08. The standard InChI is InChI=1S/C24H38N4O7/c1-6-7-8-9-10-14(2)21-16(4)23(33)26-15(3)11-12-18(30)28(5)13-17(29)27-19(24(34)35-21)20(31)22(25)32/h11-12,14,16,19-21,31H,3,6-10,13H2,1-2,4-5H3,(H2,25,32)(H,26,33)(H,27,29)/t14-,16+,19+,20+,21?/m1/s1. The van der Waals surface area contributed by atoms with Crippen LogP contribution in [0.25, 0.3) is 0 Å². The highest BCUT2D eigenvalue weighted by Crippen LogP contribution is 2.24. The lowest BCUT2D eigenvalue weighted by molar-refractivity contribution is -0.165. The molecule has 1 rings (SSSR count). The molecule has 0 fully saturated rings. The monoisotopic (exact) mass is 494 g/mol. The minimum absolute atomic E-state index is 0.144. The number of nitrogens with two attached hydrogens (primary N) is 1. The molecule has 35 heavy (non-hydrogen) atoms. The average molecular weight is 495 g/mol. The molecule has 0 aromatic rings. The van der Waals surface area contributed by atoms with Crippen LogP contribution >= 0.6 is 0 Å². The third-order valence-electron chi connectivity index (χ3n) is 5.88. The van der Waals surface area contributed by atoms with Crippen molar-refractivity contribution in [3.63, 3.8) is 0 Å². The molecule has 11 heteroatoms. The largest absolute Gasteiger partial charge is 0.460 e. The topological polar surface area (TPSA) is 168 Å².